The third-order valence-corrected chi connectivity index (χ3v) is 8.64. The molecule has 6 nitrogen and oxygen atoms in total. The van der Waals surface area contributed by atoms with Crippen LogP contribution in [0.15, 0.2) is 60.7 Å². The van der Waals surface area contributed by atoms with Crippen molar-refractivity contribution < 1.29 is 19.3 Å². The second-order valence-corrected chi connectivity index (χ2v) is 11.1. The summed E-state index contributed by atoms with van der Waals surface area (Å²) in [5.41, 5.74) is 6.48. The van der Waals surface area contributed by atoms with Crippen LogP contribution in [0.25, 0.3) is 0 Å². The van der Waals surface area contributed by atoms with Crippen LogP contribution in [-0.4, -0.2) is 63.1 Å². The first-order chi connectivity index (χ1) is 19.5. The highest BCUT2D eigenvalue weighted by molar-refractivity contribution is 5.60. The number of likely N-dealkylation sites (N-methyl/N-ethyl adjacent to an activating group) is 1. The molecule has 3 aromatic carbocycles. The van der Waals surface area contributed by atoms with Crippen molar-refractivity contribution >= 4 is 5.69 Å². The van der Waals surface area contributed by atoms with Gasteiger partial charge in [-0.25, -0.2) is 0 Å². The predicted octanol–water partition coefficient (Wildman–Crippen LogP) is 6.19. The normalized spacial score (nSPS) is 17.4. The van der Waals surface area contributed by atoms with Crippen LogP contribution in [0.3, 0.4) is 0 Å². The van der Waals surface area contributed by atoms with Crippen molar-refractivity contribution in [1.29, 1.82) is 0 Å². The zero-order chi connectivity index (χ0) is 27.9. The van der Waals surface area contributed by atoms with E-state index in [2.05, 4.69) is 72.3 Å². The lowest BCUT2D eigenvalue weighted by atomic mass is 9.79. The van der Waals surface area contributed by atoms with Crippen LogP contribution in [-0.2, 0) is 24.1 Å². The minimum absolute atomic E-state index is 0.359. The summed E-state index contributed by atoms with van der Waals surface area (Å²) in [5, 5.41) is 9.91. The molecule has 3 aromatic rings. The van der Waals surface area contributed by atoms with E-state index in [1.54, 1.807) is 7.11 Å². The Kier molecular flexibility index (Phi) is 9.50. The van der Waals surface area contributed by atoms with E-state index in [1.807, 2.05) is 12.1 Å². The van der Waals surface area contributed by atoms with Crippen molar-refractivity contribution in [1.82, 2.24) is 4.90 Å². The largest absolute Gasteiger partial charge is 0.508 e. The summed E-state index contributed by atoms with van der Waals surface area (Å²) in [5.74, 6) is 2.59. The maximum absolute atomic E-state index is 9.91. The summed E-state index contributed by atoms with van der Waals surface area (Å²) in [6.45, 7) is 7.27. The molecule has 0 spiro atoms. The molecule has 1 N–H and O–H groups in total. The van der Waals surface area contributed by atoms with E-state index in [0.717, 1.165) is 76.5 Å². The molecule has 1 unspecified atom stereocenters. The molecule has 1 saturated heterocycles. The van der Waals surface area contributed by atoms with Crippen molar-refractivity contribution in [2.75, 3.05) is 52.0 Å². The van der Waals surface area contributed by atoms with Gasteiger partial charge in [-0.1, -0.05) is 24.3 Å². The number of nitrogens with zero attached hydrogens (tertiary/aromatic N) is 2. The van der Waals surface area contributed by atoms with E-state index in [1.165, 1.54) is 27.9 Å². The average Bonchev–Trinajstić information content (AvgIpc) is 3.00. The number of hydrogen-bond donors (Lipinski definition) is 1. The average molecular weight is 545 g/mol. The second-order valence-electron chi connectivity index (χ2n) is 11.1. The maximum atomic E-state index is 9.91. The number of aromatic hydroxyl groups is 1. The van der Waals surface area contributed by atoms with Gasteiger partial charge in [0.2, 0.25) is 0 Å². The number of hydrogen-bond acceptors (Lipinski definition) is 6. The Balaban J connectivity index is 1.24. The van der Waals surface area contributed by atoms with E-state index in [9.17, 15) is 5.11 Å². The molecule has 1 aliphatic heterocycles. The van der Waals surface area contributed by atoms with Crippen LogP contribution >= 0.6 is 0 Å². The molecule has 1 aliphatic carbocycles. The molecule has 1 heterocycles. The van der Waals surface area contributed by atoms with Gasteiger partial charge in [-0.2, -0.15) is 0 Å². The molecule has 0 saturated carbocycles. The summed E-state index contributed by atoms with van der Waals surface area (Å²) >= 11 is 0. The molecule has 1 atom stereocenters. The summed E-state index contributed by atoms with van der Waals surface area (Å²) in [6.07, 6.45) is 5.25. The molecule has 0 amide bonds. The summed E-state index contributed by atoms with van der Waals surface area (Å²) in [6, 6.07) is 21.5. The third-order valence-electron chi connectivity index (χ3n) is 8.64. The molecule has 5 rings (SSSR count). The van der Waals surface area contributed by atoms with Gasteiger partial charge in [0, 0.05) is 50.6 Å². The van der Waals surface area contributed by atoms with Gasteiger partial charge in [0.1, 0.15) is 23.9 Å². The fraction of sp³-hybridized carbons (Fsp3) is 0.471. The van der Waals surface area contributed by atoms with E-state index in [-0.39, 0.29) is 0 Å². The molecular formula is C34H44N2O4. The maximum Gasteiger partial charge on any atom is 0.120 e. The van der Waals surface area contributed by atoms with Crippen molar-refractivity contribution in [3.05, 3.63) is 82.9 Å². The lowest BCUT2D eigenvalue weighted by molar-refractivity contribution is 0.0392. The zero-order valence-electron chi connectivity index (χ0n) is 24.3. The molecular weight excluding hydrogens is 500 g/mol. The number of rotatable bonds is 11. The van der Waals surface area contributed by atoms with Crippen molar-refractivity contribution in [2.45, 2.75) is 57.5 Å². The Morgan fingerprint density at radius 1 is 0.925 bits per heavy atom. The number of benzene rings is 3. The summed E-state index contributed by atoms with van der Waals surface area (Å²) in [4.78, 5) is 4.85. The van der Waals surface area contributed by atoms with Crippen LogP contribution in [0.1, 0.15) is 54.4 Å². The molecule has 1 fully saturated rings. The second kappa shape index (κ2) is 13.4. The Labute approximate surface area is 239 Å². The van der Waals surface area contributed by atoms with Crippen LogP contribution < -0.4 is 14.4 Å². The van der Waals surface area contributed by atoms with Gasteiger partial charge >= 0.3 is 0 Å². The van der Waals surface area contributed by atoms with E-state index >= 15 is 0 Å². The standard InChI is InChI=1S/C34H44N2O4/c1-4-36(24-25-5-11-31(12-6-25)40-20-17-35(2)29-15-18-39-19-16-29)34-23-32(38-3)13-14-33(34)28-8-7-27-22-30(37)10-9-26(27)21-28/h5-6,9-14,22-23,28-29,37H,4,7-8,15-21,24H2,1-3H3. The third kappa shape index (κ3) is 6.91. The van der Waals surface area contributed by atoms with Crippen molar-refractivity contribution in [2.24, 2.45) is 0 Å². The number of methoxy groups -OCH3 is 1. The predicted molar refractivity (Wildman–Crippen MR) is 161 cm³/mol. The van der Waals surface area contributed by atoms with E-state index in [4.69, 9.17) is 14.2 Å². The first-order valence-electron chi connectivity index (χ1n) is 14.8. The van der Waals surface area contributed by atoms with Gasteiger partial charge in [-0.3, -0.25) is 4.90 Å². The molecule has 214 valence electrons. The lowest BCUT2D eigenvalue weighted by Crippen LogP contribution is -2.38. The van der Waals surface area contributed by atoms with E-state index in [0.29, 0.717) is 24.3 Å². The van der Waals surface area contributed by atoms with Crippen LogP contribution in [0, 0.1) is 0 Å². The first kappa shape index (κ1) is 28.3. The molecule has 40 heavy (non-hydrogen) atoms. The highest BCUT2D eigenvalue weighted by Crippen LogP contribution is 2.40. The smallest absolute Gasteiger partial charge is 0.120 e. The van der Waals surface area contributed by atoms with Gasteiger partial charge in [-0.05, 0) is 105 Å². The Morgan fingerprint density at radius 2 is 1.70 bits per heavy atom. The number of phenols is 1. The quantitative estimate of drug-likeness (QED) is 0.311. The first-order valence-corrected chi connectivity index (χ1v) is 14.8. The highest BCUT2D eigenvalue weighted by atomic mass is 16.5. The summed E-state index contributed by atoms with van der Waals surface area (Å²) < 4.78 is 17.2. The number of fused-ring (bicyclic) bond motifs is 1. The van der Waals surface area contributed by atoms with Crippen molar-refractivity contribution in [3.8, 4) is 17.2 Å². The van der Waals surface area contributed by atoms with Gasteiger partial charge < -0.3 is 24.2 Å². The fourth-order valence-electron chi connectivity index (χ4n) is 6.17. The van der Waals surface area contributed by atoms with Crippen LogP contribution in [0.2, 0.25) is 0 Å². The molecule has 2 aliphatic rings. The van der Waals surface area contributed by atoms with Gasteiger partial charge in [-0.15, -0.1) is 0 Å². The topological polar surface area (TPSA) is 54.4 Å². The van der Waals surface area contributed by atoms with Gasteiger partial charge in [0.25, 0.3) is 0 Å². The zero-order valence-corrected chi connectivity index (χ0v) is 24.3. The Morgan fingerprint density at radius 3 is 2.45 bits per heavy atom. The van der Waals surface area contributed by atoms with E-state index < -0.39 is 0 Å². The molecule has 6 heteroatoms. The molecule has 0 bridgehead atoms. The number of aryl methyl sites for hydroxylation is 1. The summed E-state index contributed by atoms with van der Waals surface area (Å²) in [7, 11) is 3.92. The molecule has 0 aromatic heterocycles. The number of phenolic OH excluding ortho intramolecular Hbond substituents is 1. The highest BCUT2D eigenvalue weighted by Gasteiger charge is 2.25. The minimum atomic E-state index is 0.359. The monoisotopic (exact) mass is 544 g/mol. The Bertz CT molecular complexity index is 1240. The number of anilines is 1. The van der Waals surface area contributed by atoms with Crippen LogP contribution in [0.4, 0.5) is 5.69 Å². The number of ether oxygens (including phenoxy) is 3. The minimum Gasteiger partial charge on any atom is -0.508 e. The Hall–Kier alpha value is -3.22. The van der Waals surface area contributed by atoms with Crippen molar-refractivity contribution in [3.63, 3.8) is 0 Å². The van der Waals surface area contributed by atoms with Gasteiger partial charge in [0.15, 0.2) is 0 Å². The molecule has 0 radical (unpaired) electrons. The lowest BCUT2D eigenvalue weighted by Gasteiger charge is -2.32. The fourth-order valence-corrected chi connectivity index (χ4v) is 6.17. The van der Waals surface area contributed by atoms with Gasteiger partial charge in [0.05, 0.1) is 7.11 Å². The van der Waals surface area contributed by atoms with Crippen LogP contribution in [0.5, 0.6) is 17.2 Å². The SMILES string of the molecule is CCN(Cc1ccc(OCCN(C)C2CCOCC2)cc1)c1cc(OC)ccc1C1CCc2cc(O)ccc2C1.